The first kappa shape index (κ1) is 22.5. The molecule has 3 aromatic rings. The Morgan fingerprint density at radius 3 is 2.84 bits per heavy atom. The number of halogens is 1. The maximum absolute atomic E-state index is 14.2. The highest BCUT2D eigenvalue weighted by Gasteiger charge is 2.23. The van der Waals surface area contributed by atoms with Crippen molar-refractivity contribution in [1.29, 1.82) is 0 Å². The summed E-state index contributed by atoms with van der Waals surface area (Å²) in [5.74, 6) is 0.438. The summed E-state index contributed by atoms with van der Waals surface area (Å²) in [4.78, 5) is 33.7. The zero-order valence-corrected chi connectivity index (χ0v) is 17.9. The Kier molecular flexibility index (Phi) is 7.22. The summed E-state index contributed by atoms with van der Waals surface area (Å²) in [7, 11) is 1.81. The number of aromatic amines is 1. The molecule has 1 aromatic carbocycles. The summed E-state index contributed by atoms with van der Waals surface area (Å²) < 4.78 is 14.2. The first-order valence-corrected chi connectivity index (χ1v) is 9.95. The topological polar surface area (TPSA) is 99.2 Å². The fourth-order valence-corrected chi connectivity index (χ4v) is 3.21. The molecule has 2 heterocycles. The summed E-state index contributed by atoms with van der Waals surface area (Å²) >= 11 is 0. The van der Waals surface area contributed by atoms with E-state index in [0.29, 0.717) is 35.5 Å². The number of hydrogen-bond acceptors (Lipinski definition) is 6. The van der Waals surface area contributed by atoms with Gasteiger partial charge in [0.05, 0.1) is 23.6 Å². The van der Waals surface area contributed by atoms with Crippen LogP contribution in [0, 0.1) is 5.82 Å². The van der Waals surface area contributed by atoms with E-state index in [-0.39, 0.29) is 17.3 Å². The van der Waals surface area contributed by atoms with Crippen LogP contribution < -0.4 is 5.32 Å². The largest absolute Gasteiger partial charge is 0.358 e. The monoisotopic (exact) mass is 433 g/mol. The maximum atomic E-state index is 14.2. The van der Waals surface area contributed by atoms with E-state index in [1.165, 1.54) is 18.5 Å². The number of hydrogen-bond donors (Lipinski definition) is 2. The second-order valence-electron chi connectivity index (χ2n) is 6.78. The third kappa shape index (κ3) is 4.61. The smallest absolute Gasteiger partial charge is 0.182 e. The summed E-state index contributed by atoms with van der Waals surface area (Å²) in [5, 5.41) is 3.37. The van der Waals surface area contributed by atoms with Crippen LogP contribution in [0.1, 0.15) is 23.7 Å². The van der Waals surface area contributed by atoms with Crippen LogP contribution in [0.2, 0.25) is 0 Å². The van der Waals surface area contributed by atoms with Gasteiger partial charge < -0.3 is 15.2 Å². The molecule has 0 spiro atoms. The van der Waals surface area contributed by atoms with Gasteiger partial charge in [-0.1, -0.05) is 32.2 Å². The number of imidazole rings is 1. The van der Waals surface area contributed by atoms with Gasteiger partial charge in [-0.2, -0.15) is 0 Å². The highest BCUT2D eigenvalue weighted by molar-refractivity contribution is 5.96. The second-order valence-corrected chi connectivity index (χ2v) is 6.78. The fourth-order valence-electron chi connectivity index (χ4n) is 3.21. The van der Waals surface area contributed by atoms with Crippen LogP contribution in [0.15, 0.2) is 72.9 Å². The summed E-state index contributed by atoms with van der Waals surface area (Å²) in [6, 6.07) is 3.97. The molecule has 9 heteroatoms. The Labute approximate surface area is 185 Å². The number of fused-ring (bicyclic) bond motifs is 1. The van der Waals surface area contributed by atoms with Crippen LogP contribution in [0.5, 0.6) is 0 Å². The van der Waals surface area contributed by atoms with Crippen LogP contribution in [0.4, 0.5) is 15.9 Å². The van der Waals surface area contributed by atoms with E-state index < -0.39 is 5.82 Å². The number of allylic oxidation sites excluding steroid dienone is 3. The molecule has 0 radical (unpaired) electrons. The normalized spacial score (nSPS) is 13.0. The van der Waals surface area contributed by atoms with Crippen LogP contribution in [0.3, 0.4) is 0 Å². The number of benzene rings is 1. The summed E-state index contributed by atoms with van der Waals surface area (Å²) in [5.41, 5.74) is 2.00. The van der Waals surface area contributed by atoms with Gasteiger partial charge in [-0.25, -0.2) is 24.3 Å². The standard InChI is InChI=1S/C23H24FN7O/c1-5-9-15(6-2)31(4)23(30-19-11-8-10-17(24)16(19)12-32)18(7-3)29-22-20-21(26-13-25-20)27-14-28-22/h5-6,8-14,18H,1-2,7H2,3-4H3,(H2,25,26,27,28,29)/b15-9+,30-23-. The molecule has 164 valence electrons. The Bertz CT molecular complexity index is 1200. The molecule has 2 aromatic heterocycles. The van der Waals surface area contributed by atoms with Crippen LogP contribution in [-0.4, -0.2) is 50.0 Å². The number of rotatable bonds is 9. The van der Waals surface area contributed by atoms with Gasteiger partial charge in [-0.15, -0.1) is 0 Å². The molecular weight excluding hydrogens is 409 g/mol. The zero-order valence-electron chi connectivity index (χ0n) is 17.9. The van der Waals surface area contributed by atoms with Gasteiger partial charge in [0.2, 0.25) is 0 Å². The van der Waals surface area contributed by atoms with Crippen molar-refractivity contribution >= 4 is 34.8 Å². The number of nitrogens with zero attached hydrogens (tertiary/aromatic N) is 5. The quantitative estimate of drug-likeness (QED) is 0.224. The molecule has 0 aliphatic heterocycles. The summed E-state index contributed by atoms with van der Waals surface area (Å²) in [6.45, 7) is 9.58. The molecule has 1 unspecified atom stereocenters. The van der Waals surface area contributed by atoms with Crippen LogP contribution >= 0.6 is 0 Å². The molecule has 2 N–H and O–H groups in total. The number of aldehydes is 1. The van der Waals surface area contributed by atoms with Gasteiger partial charge in [0, 0.05) is 12.7 Å². The van der Waals surface area contributed by atoms with Crippen molar-refractivity contribution in [2.45, 2.75) is 19.4 Å². The Morgan fingerprint density at radius 1 is 1.34 bits per heavy atom. The number of H-pyrrole nitrogens is 1. The lowest BCUT2D eigenvalue weighted by atomic mass is 10.1. The minimum atomic E-state index is -0.634. The number of carbonyl (C=O) groups excluding carboxylic acids is 1. The number of carbonyl (C=O) groups is 1. The van der Waals surface area contributed by atoms with E-state index in [1.807, 2.05) is 14.0 Å². The van der Waals surface area contributed by atoms with Crippen molar-refractivity contribution in [2.24, 2.45) is 4.99 Å². The number of nitrogens with one attached hydrogen (secondary N) is 2. The van der Waals surface area contributed by atoms with Crippen molar-refractivity contribution in [1.82, 2.24) is 24.8 Å². The lowest BCUT2D eigenvalue weighted by Gasteiger charge is -2.29. The van der Waals surface area contributed by atoms with Gasteiger partial charge in [0.15, 0.2) is 17.8 Å². The van der Waals surface area contributed by atoms with Gasteiger partial charge >= 0.3 is 0 Å². The van der Waals surface area contributed by atoms with Gasteiger partial charge in [-0.05, 0) is 30.7 Å². The number of likely N-dealkylation sites (N-methyl/N-ethyl adjacent to an activating group) is 1. The first-order chi connectivity index (χ1) is 15.5. The average Bonchev–Trinajstić information content (AvgIpc) is 3.29. The van der Waals surface area contributed by atoms with E-state index in [2.05, 4.69) is 38.4 Å². The minimum absolute atomic E-state index is 0.112. The van der Waals surface area contributed by atoms with Crippen LogP contribution in [0.25, 0.3) is 11.2 Å². The van der Waals surface area contributed by atoms with Crippen molar-refractivity contribution in [3.8, 4) is 0 Å². The van der Waals surface area contributed by atoms with Gasteiger partial charge in [-0.3, -0.25) is 4.79 Å². The molecule has 32 heavy (non-hydrogen) atoms. The molecule has 1 atom stereocenters. The number of aliphatic imine (C=N–C) groups is 1. The number of amidine groups is 1. The molecule has 8 nitrogen and oxygen atoms in total. The van der Waals surface area contributed by atoms with E-state index in [0.717, 1.165) is 5.70 Å². The van der Waals surface area contributed by atoms with Gasteiger partial charge in [0.1, 0.15) is 23.5 Å². The number of aromatic nitrogens is 4. The summed E-state index contributed by atoms with van der Waals surface area (Å²) in [6.07, 6.45) is 9.10. The maximum Gasteiger partial charge on any atom is 0.182 e. The molecule has 0 aliphatic rings. The molecule has 0 saturated carbocycles. The van der Waals surface area contributed by atoms with E-state index in [4.69, 9.17) is 4.99 Å². The molecule has 3 rings (SSSR count). The number of anilines is 1. The van der Waals surface area contributed by atoms with Crippen molar-refractivity contribution in [3.63, 3.8) is 0 Å². The Hall–Kier alpha value is -4.14. The lowest BCUT2D eigenvalue weighted by molar-refractivity contribution is 0.112. The molecular formula is C23H24FN7O. The third-order valence-electron chi connectivity index (χ3n) is 4.87. The second kappa shape index (κ2) is 10.3. The molecule has 0 aliphatic carbocycles. The highest BCUT2D eigenvalue weighted by atomic mass is 19.1. The predicted molar refractivity (Wildman–Crippen MR) is 125 cm³/mol. The Morgan fingerprint density at radius 2 is 2.16 bits per heavy atom. The lowest BCUT2D eigenvalue weighted by Crippen LogP contribution is -2.40. The molecule has 0 fully saturated rings. The van der Waals surface area contributed by atoms with Crippen molar-refractivity contribution < 1.29 is 9.18 Å². The van der Waals surface area contributed by atoms with Crippen LogP contribution in [-0.2, 0) is 0 Å². The van der Waals surface area contributed by atoms with Crippen molar-refractivity contribution in [3.05, 3.63) is 79.3 Å². The van der Waals surface area contributed by atoms with E-state index >= 15 is 0 Å². The predicted octanol–water partition coefficient (Wildman–Crippen LogP) is 4.41. The van der Waals surface area contributed by atoms with E-state index in [1.54, 1.807) is 35.5 Å². The van der Waals surface area contributed by atoms with E-state index in [9.17, 15) is 9.18 Å². The minimum Gasteiger partial charge on any atom is -0.358 e. The third-order valence-corrected chi connectivity index (χ3v) is 4.87. The van der Waals surface area contributed by atoms with Gasteiger partial charge in [0.25, 0.3) is 0 Å². The Balaban J connectivity index is 2.14. The SMILES string of the molecule is C=C/C=C(\C=C)N(C)/C(=N\c1cccc(F)c1C=O)C(CC)Nc1ncnc2nc[nH]c12. The zero-order chi connectivity index (χ0) is 23.1. The first-order valence-electron chi connectivity index (χ1n) is 9.95. The molecule has 0 bridgehead atoms. The molecule has 0 amide bonds. The fraction of sp³-hybridized carbons (Fsp3) is 0.174. The average molecular weight is 433 g/mol. The highest BCUT2D eigenvalue weighted by Crippen LogP contribution is 2.24. The van der Waals surface area contributed by atoms with Crippen molar-refractivity contribution in [2.75, 3.05) is 12.4 Å². The molecule has 0 saturated heterocycles.